The molecule has 1 saturated heterocycles. The highest BCUT2D eigenvalue weighted by atomic mass is 16.3. The van der Waals surface area contributed by atoms with Gasteiger partial charge in [0.1, 0.15) is 0 Å². The summed E-state index contributed by atoms with van der Waals surface area (Å²) < 4.78 is 0. The lowest BCUT2D eigenvalue weighted by atomic mass is 10.0. The zero-order chi connectivity index (χ0) is 12.7. The second-order valence-corrected chi connectivity index (χ2v) is 5.03. The van der Waals surface area contributed by atoms with Gasteiger partial charge < -0.3 is 15.7 Å². The van der Waals surface area contributed by atoms with Crippen molar-refractivity contribution in [2.45, 2.75) is 51.5 Å². The fraction of sp³-hybridized carbons (Fsp3) is 0.923. The van der Waals surface area contributed by atoms with E-state index in [1.54, 1.807) is 0 Å². The van der Waals surface area contributed by atoms with Crippen LogP contribution in [0.2, 0.25) is 0 Å². The number of nitrogens with two attached hydrogens (primary N) is 1. The van der Waals surface area contributed by atoms with Gasteiger partial charge in [0.15, 0.2) is 0 Å². The Balaban J connectivity index is 2.43. The van der Waals surface area contributed by atoms with E-state index in [0.717, 1.165) is 45.1 Å². The molecular formula is C13H26N2O2. The van der Waals surface area contributed by atoms with Crippen LogP contribution >= 0.6 is 0 Å². The Morgan fingerprint density at radius 1 is 1.53 bits per heavy atom. The summed E-state index contributed by atoms with van der Waals surface area (Å²) in [5, 5.41) is 8.86. The third kappa shape index (κ3) is 4.28. The Kier molecular flexibility index (Phi) is 6.52. The summed E-state index contributed by atoms with van der Waals surface area (Å²) in [5.41, 5.74) is 5.47. The van der Waals surface area contributed by atoms with E-state index < -0.39 is 0 Å². The number of likely N-dealkylation sites (tertiary alicyclic amines) is 1. The van der Waals surface area contributed by atoms with Crippen LogP contribution in [0.15, 0.2) is 0 Å². The number of aliphatic hydroxyl groups excluding tert-OH is 1. The predicted molar refractivity (Wildman–Crippen MR) is 68.5 cm³/mol. The maximum absolute atomic E-state index is 12.2. The lowest BCUT2D eigenvalue weighted by Gasteiger charge is -2.27. The summed E-state index contributed by atoms with van der Waals surface area (Å²) in [5.74, 6) is 0.368. The molecule has 100 valence electrons. The Hall–Kier alpha value is -0.610. The van der Waals surface area contributed by atoms with Gasteiger partial charge in [-0.25, -0.2) is 0 Å². The highest BCUT2D eigenvalue weighted by Crippen LogP contribution is 2.24. The van der Waals surface area contributed by atoms with Crippen molar-refractivity contribution in [2.24, 2.45) is 11.7 Å². The molecule has 0 aromatic heterocycles. The standard InChI is InChI=1S/C13H26N2O2/c1-11(5-2-8-14)13(17)15-9-3-6-12(15)7-4-10-16/h11-12,16H,2-10,14H2,1H3. The fourth-order valence-corrected chi connectivity index (χ4v) is 2.58. The lowest BCUT2D eigenvalue weighted by molar-refractivity contribution is -0.136. The maximum Gasteiger partial charge on any atom is 0.225 e. The highest BCUT2D eigenvalue weighted by molar-refractivity contribution is 5.79. The molecule has 4 nitrogen and oxygen atoms in total. The van der Waals surface area contributed by atoms with Crippen LogP contribution in [0.25, 0.3) is 0 Å². The number of hydrogen-bond acceptors (Lipinski definition) is 3. The molecule has 1 amide bonds. The first-order valence-corrected chi connectivity index (χ1v) is 6.82. The fourth-order valence-electron chi connectivity index (χ4n) is 2.58. The molecule has 4 heteroatoms. The van der Waals surface area contributed by atoms with Gasteiger partial charge in [0.2, 0.25) is 5.91 Å². The molecular weight excluding hydrogens is 216 g/mol. The number of aliphatic hydroxyl groups is 1. The molecule has 0 aliphatic carbocycles. The second kappa shape index (κ2) is 7.67. The van der Waals surface area contributed by atoms with Gasteiger partial charge >= 0.3 is 0 Å². The number of carbonyl (C=O) groups is 1. The van der Waals surface area contributed by atoms with Crippen LogP contribution < -0.4 is 5.73 Å². The minimum absolute atomic E-state index is 0.0910. The van der Waals surface area contributed by atoms with Gasteiger partial charge in [-0.2, -0.15) is 0 Å². The van der Waals surface area contributed by atoms with Gasteiger partial charge in [0.05, 0.1) is 0 Å². The highest BCUT2D eigenvalue weighted by Gasteiger charge is 2.30. The summed E-state index contributed by atoms with van der Waals surface area (Å²) >= 11 is 0. The number of rotatable bonds is 7. The van der Waals surface area contributed by atoms with E-state index in [1.807, 2.05) is 11.8 Å². The van der Waals surface area contributed by atoms with Crippen molar-refractivity contribution in [3.63, 3.8) is 0 Å². The van der Waals surface area contributed by atoms with Crippen molar-refractivity contribution in [1.82, 2.24) is 4.90 Å². The van der Waals surface area contributed by atoms with E-state index in [-0.39, 0.29) is 18.4 Å². The van der Waals surface area contributed by atoms with Crippen LogP contribution in [-0.4, -0.2) is 41.7 Å². The minimum atomic E-state index is 0.0910. The largest absolute Gasteiger partial charge is 0.396 e. The molecule has 0 radical (unpaired) electrons. The van der Waals surface area contributed by atoms with Crippen LogP contribution in [0.3, 0.4) is 0 Å². The van der Waals surface area contributed by atoms with Crippen LogP contribution in [0.1, 0.15) is 45.4 Å². The van der Waals surface area contributed by atoms with E-state index >= 15 is 0 Å². The number of nitrogens with zero attached hydrogens (tertiary/aromatic N) is 1. The zero-order valence-electron chi connectivity index (χ0n) is 10.9. The van der Waals surface area contributed by atoms with E-state index in [9.17, 15) is 4.79 Å². The summed E-state index contributed by atoms with van der Waals surface area (Å²) in [6.45, 7) is 3.77. The van der Waals surface area contributed by atoms with E-state index in [1.165, 1.54) is 0 Å². The summed E-state index contributed by atoms with van der Waals surface area (Å²) in [6.07, 6.45) is 5.73. The topological polar surface area (TPSA) is 66.6 Å². The van der Waals surface area contributed by atoms with Gasteiger partial charge in [-0.15, -0.1) is 0 Å². The summed E-state index contributed by atoms with van der Waals surface area (Å²) in [4.78, 5) is 14.3. The SMILES string of the molecule is CC(CCCN)C(=O)N1CCCC1CCCO. The van der Waals surface area contributed by atoms with Gasteiger partial charge in [0, 0.05) is 25.1 Å². The Bertz CT molecular complexity index is 233. The third-order valence-corrected chi connectivity index (χ3v) is 3.62. The van der Waals surface area contributed by atoms with Crippen LogP contribution in [0.4, 0.5) is 0 Å². The van der Waals surface area contributed by atoms with Gasteiger partial charge in [-0.05, 0) is 45.1 Å². The van der Waals surface area contributed by atoms with E-state index in [0.29, 0.717) is 12.6 Å². The molecule has 0 aromatic rings. The molecule has 1 aliphatic rings. The number of hydrogen-bond donors (Lipinski definition) is 2. The van der Waals surface area contributed by atoms with Crippen molar-refractivity contribution in [1.29, 1.82) is 0 Å². The molecule has 0 aromatic carbocycles. The van der Waals surface area contributed by atoms with Gasteiger partial charge in [-0.1, -0.05) is 6.92 Å². The van der Waals surface area contributed by atoms with Crippen LogP contribution in [0.5, 0.6) is 0 Å². The van der Waals surface area contributed by atoms with E-state index in [4.69, 9.17) is 10.8 Å². The molecule has 1 rings (SSSR count). The molecule has 1 heterocycles. The molecule has 3 N–H and O–H groups in total. The predicted octanol–water partition coefficient (Wildman–Crippen LogP) is 1.12. The minimum Gasteiger partial charge on any atom is -0.396 e. The smallest absolute Gasteiger partial charge is 0.225 e. The summed E-state index contributed by atoms with van der Waals surface area (Å²) in [6, 6.07) is 0.356. The molecule has 0 spiro atoms. The zero-order valence-corrected chi connectivity index (χ0v) is 10.9. The Labute approximate surface area is 104 Å². The Morgan fingerprint density at radius 2 is 2.29 bits per heavy atom. The Morgan fingerprint density at radius 3 is 2.94 bits per heavy atom. The van der Waals surface area contributed by atoms with E-state index in [2.05, 4.69) is 0 Å². The molecule has 17 heavy (non-hydrogen) atoms. The molecule has 0 saturated carbocycles. The van der Waals surface area contributed by atoms with Crippen LogP contribution in [-0.2, 0) is 4.79 Å². The monoisotopic (exact) mass is 242 g/mol. The van der Waals surface area contributed by atoms with Crippen molar-refractivity contribution in [2.75, 3.05) is 19.7 Å². The van der Waals surface area contributed by atoms with Gasteiger partial charge in [0.25, 0.3) is 0 Å². The molecule has 2 atom stereocenters. The molecule has 2 unspecified atom stereocenters. The van der Waals surface area contributed by atoms with Crippen molar-refractivity contribution < 1.29 is 9.90 Å². The van der Waals surface area contributed by atoms with Crippen molar-refractivity contribution >= 4 is 5.91 Å². The average Bonchev–Trinajstić information content (AvgIpc) is 2.80. The average molecular weight is 242 g/mol. The first-order valence-electron chi connectivity index (χ1n) is 6.82. The molecule has 0 bridgehead atoms. The normalized spacial score (nSPS) is 21.8. The number of carbonyl (C=O) groups excluding carboxylic acids is 1. The molecule has 1 aliphatic heterocycles. The van der Waals surface area contributed by atoms with Crippen molar-refractivity contribution in [3.05, 3.63) is 0 Å². The lowest BCUT2D eigenvalue weighted by Crippen LogP contribution is -2.39. The first kappa shape index (κ1) is 14.5. The quantitative estimate of drug-likeness (QED) is 0.703. The maximum atomic E-state index is 12.2. The number of amides is 1. The third-order valence-electron chi connectivity index (χ3n) is 3.62. The first-order chi connectivity index (χ1) is 8.20. The van der Waals surface area contributed by atoms with Crippen molar-refractivity contribution in [3.8, 4) is 0 Å². The van der Waals surface area contributed by atoms with Crippen LogP contribution in [0, 0.1) is 5.92 Å². The van der Waals surface area contributed by atoms with Gasteiger partial charge in [-0.3, -0.25) is 4.79 Å². The second-order valence-electron chi connectivity index (χ2n) is 5.03. The summed E-state index contributed by atoms with van der Waals surface area (Å²) in [7, 11) is 0. The molecule has 1 fully saturated rings.